The Morgan fingerprint density at radius 2 is 2.04 bits per heavy atom. The summed E-state index contributed by atoms with van der Waals surface area (Å²) in [5.41, 5.74) is 0.762. The predicted molar refractivity (Wildman–Crippen MR) is 104 cm³/mol. The Bertz CT molecular complexity index is 830. The number of carbonyl (C=O) groups is 1. The van der Waals surface area contributed by atoms with Crippen LogP contribution in [0.15, 0.2) is 35.7 Å². The summed E-state index contributed by atoms with van der Waals surface area (Å²) in [6.07, 6.45) is 0.398. The van der Waals surface area contributed by atoms with Crippen molar-refractivity contribution in [2.45, 2.75) is 6.42 Å². The van der Waals surface area contributed by atoms with Gasteiger partial charge < -0.3 is 4.90 Å². The Morgan fingerprint density at radius 1 is 1.21 bits per heavy atom. The Kier molecular flexibility index (Phi) is 5.50. The van der Waals surface area contributed by atoms with Crippen LogP contribution in [0, 0.1) is 0 Å². The fourth-order valence-corrected chi connectivity index (χ4v) is 4.31. The minimum Gasteiger partial charge on any atom is -0.308 e. The van der Waals surface area contributed by atoms with Gasteiger partial charge in [-0.2, -0.15) is 0 Å². The van der Waals surface area contributed by atoms with E-state index in [9.17, 15) is 4.79 Å². The number of rotatable bonds is 6. The van der Waals surface area contributed by atoms with Crippen molar-refractivity contribution >= 4 is 55.5 Å². The molecule has 0 aliphatic rings. The summed E-state index contributed by atoms with van der Waals surface area (Å²) >= 11 is 9.34. The number of hydrogen-bond donors (Lipinski definition) is 0. The van der Waals surface area contributed by atoms with Crippen LogP contribution in [0.2, 0.25) is 5.02 Å². The molecular weight excluding hydrogens is 362 g/mol. The third-order valence-electron chi connectivity index (χ3n) is 3.57. The van der Waals surface area contributed by atoms with E-state index in [2.05, 4.69) is 9.88 Å². The van der Waals surface area contributed by atoms with E-state index in [4.69, 9.17) is 11.6 Å². The number of benzene rings is 1. The van der Waals surface area contributed by atoms with Crippen LogP contribution in [-0.4, -0.2) is 43.0 Å². The Morgan fingerprint density at radius 3 is 2.71 bits per heavy atom. The van der Waals surface area contributed by atoms with Crippen LogP contribution in [0.4, 0.5) is 5.13 Å². The van der Waals surface area contributed by atoms with Gasteiger partial charge in [-0.15, -0.1) is 11.3 Å². The number of aromatic nitrogens is 1. The molecule has 0 atom stereocenters. The topological polar surface area (TPSA) is 36.4 Å². The van der Waals surface area contributed by atoms with E-state index in [-0.39, 0.29) is 5.91 Å². The lowest BCUT2D eigenvalue weighted by molar-refractivity contribution is -0.118. The SMILES string of the molecule is CN(C)CCN(C(=O)Cc1cccs1)c1nc2c(Cl)cccc2s1. The zero-order valence-corrected chi connectivity index (χ0v) is 15.9. The lowest BCUT2D eigenvalue weighted by Gasteiger charge is -2.21. The zero-order chi connectivity index (χ0) is 17.1. The van der Waals surface area contributed by atoms with Crippen molar-refractivity contribution in [2.75, 3.05) is 32.1 Å². The van der Waals surface area contributed by atoms with Gasteiger partial charge >= 0.3 is 0 Å². The third kappa shape index (κ3) is 3.95. The molecule has 0 fully saturated rings. The second-order valence-corrected chi connectivity index (χ2v) is 8.14. The highest BCUT2D eigenvalue weighted by atomic mass is 35.5. The molecule has 0 aliphatic carbocycles. The molecule has 3 rings (SSSR count). The molecule has 0 N–H and O–H groups in total. The maximum atomic E-state index is 12.8. The number of hydrogen-bond acceptors (Lipinski definition) is 5. The first kappa shape index (κ1) is 17.4. The average molecular weight is 380 g/mol. The quantitative estimate of drug-likeness (QED) is 0.645. The first-order chi connectivity index (χ1) is 11.5. The monoisotopic (exact) mass is 379 g/mol. The summed E-state index contributed by atoms with van der Waals surface area (Å²) in [5, 5.41) is 3.32. The molecular formula is C17H18ClN3OS2. The average Bonchev–Trinajstić information content (AvgIpc) is 3.17. The number of anilines is 1. The number of carbonyl (C=O) groups excluding carboxylic acids is 1. The highest BCUT2D eigenvalue weighted by Gasteiger charge is 2.21. The van der Waals surface area contributed by atoms with Gasteiger partial charge in [-0.1, -0.05) is 35.1 Å². The van der Waals surface area contributed by atoms with Crippen LogP contribution in [-0.2, 0) is 11.2 Å². The molecule has 4 nitrogen and oxygen atoms in total. The number of thiophene rings is 1. The minimum absolute atomic E-state index is 0.0643. The van der Waals surface area contributed by atoms with E-state index in [1.807, 2.05) is 49.8 Å². The fourth-order valence-electron chi connectivity index (χ4n) is 2.30. The summed E-state index contributed by atoms with van der Waals surface area (Å²) in [4.78, 5) is 22.4. The normalized spacial score (nSPS) is 11.3. The Balaban J connectivity index is 1.90. The number of para-hydroxylation sites is 1. The molecule has 0 saturated heterocycles. The molecule has 0 aliphatic heterocycles. The predicted octanol–water partition coefficient (Wildman–Crippen LogP) is 4.15. The molecule has 3 aromatic rings. The highest BCUT2D eigenvalue weighted by Crippen LogP contribution is 2.33. The number of amides is 1. The van der Waals surface area contributed by atoms with Crippen molar-refractivity contribution < 1.29 is 4.79 Å². The molecule has 0 unspecified atom stereocenters. The Hall–Kier alpha value is -1.47. The van der Waals surface area contributed by atoms with Gasteiger partial charge in [-0.3, -0.25) is 9.69 Å². The number of thiazole rings is 1. The number of halogens is 1. The number of likely N-dealkylation sites (N-methyl/N-ethyl adjacent to an activating group) is 1. The maximum Gasteiger partial charge on any atom is 0.234 e. The van der Waals surface area contributed by atoms with Gasteiger partial charge in [0.25, 0.3) is 0 Å². The van der Waals surface area contributed by atoms with Crippen molar-refractivity contribution in [1.29, 1.82) is 0 Å². The molecule has 0 saturated carbocycles. The number of nitrogens with zero attached hydrogens (tertiary/aromatic N) is 3. The highest BCUT2D eigenvalue weighted by molar-refractivity contribution is 7.22. The number of fused-ring (bicyclic) bond motifs is 1. The van der Waals surface area contributed by atoms with Crippen molar-refractivity contribution in [3.8, 4) is 0 Å². The third-order valence-corrected chi connectivity index (χ3v) is 5.79. The molecule has 2 aromatic heterocycles. The van der Waals surface area contributed by atoms with E-state index in [0.717, 1.165) is 21.6 Å². The lowest BCUT2D eigenvalue weighted by Crippen LogP contribution is -2.37. The van der Waals surface area contributed by atoms with Crippen molar-refractivity contribution in [3.63, 3.8) is 0 Å². The minimum atomic E-state index is 0.0643. The van der Waals surface area contributed by atoms with Gasteiger partial charge in [-0.25, -0.2) is 4.98 Å². The van der Waals surface area contributed by atoms with Crippen molar-refractivity contribution in [1.82, 2.24) is 9.88 Å². The van der Waals surface area contributed by atoms with Crippen molar-refractivity contribution in [2.24, 2.45) is 0 Å². The Labute approximate surface area is 154 Å². The van der Waals surface area contributed by atoms with Gasteiger partial charge in [0.2, 0.25) is 5.91 Å². The molecule has 1 amide bonds. The van der Waals surface area contributed by atoms with Gasteiger partial charge in [0, 0.05) is 18.0 Å². The second kappa shape index (κ2) is 7.61. The fraction of sp³-hybridized carbons (Fsp3) is 0.294. The smallest absolute Gasteiger partial charge is 0.234 e. The summed E-state index contributed by atoms with van der Waals surface area (Å²) in [5.74, 6) is 0.0643. The van der Waals surface area contributed by atoms with Crippen molar-refractivity contribution in [3.05, 3.63) is 45.6 Å². The van der Waals surface area contributed by atoms with Crippen LogP contribution in [0.3, 0.4) is 0 Å². The summed E-state index contributed by atoms with van der Waals surface area (Å²) in [6, 6.07) is 9.67. The van der Waals surface area contributed by atoms with E-state index in [0.29, 0.717) is 23.1 Å². The largest absolute Gasteiger partial charge is 0.308 e. The van der Waals surface area contributed by atoms with Crippen LogP contribution in [0.25, 0.3) is 10.2 Å². The van der Waals surface area contributed by atoms with Gasteiger partial charge in [0.05, 0.1) is 16.1 Å². The summed E-state index contributed by atoms with van der Waals surface area (Å²) < 4.78 is 0.997. The van der Waals surface area contributed by atoms with Gasteiger partial charge in [-0.05, 0) is 37.7 Å². The first-order valence-electron chi connectivity index (χ1n) is 7.57. The molecule has 126 valence electrons. The van der Waals surface area contributed by atoms with Gasteiger partial charge in [0.1, 0.15) is 5.52 Å². The molecule has 0 radical (unpaired) electrons. The molecule has 2 heterocycles. The summed E-state index contributed by atoms with van der Waals surface area (Å²) in [7, 11) is 3.99. The second-order valence-electron chi connectivity index (χ2n) is 5.69. The van der Waals surface area contributed by atoms with Crippen LogP contribution in [0.5, 0.6) is 0 Å². The van der Waals surface area contributed by atoms with E-state index >= 15 is 0 Å². The van der Waals surface area contributed by atoms with Crippen LogP contribution >= 0.6 is 34.3 Å². The standard InChI is InChI=1S/C17H18ClN3OS2/c1-20(2)8-9-21(15(22)11-12-5-4-10-23-12)17-19-16-13(18)6-3-7-14(16)24-17/h3-7,10H,8-9,11H2,1-2H3. The van der Waals surface area contributed by atoms with E-state index < -0.39 is 0 Å². The zero-order valence-electron chi connectivity index (χ0n) is 13.5. The molecule has 1 aromatic carbocycles. The van der Waals surface area contributed by atoms with E-state index in [1.54, 1.807) is 16.2 Å². The lowest BCUT2D eigenvalue weighted by atomic mass is 10.3. The van der Waals surface area contributed by atoms with Crippen LogP contribution in [0.1, 0.15) is 4.88 Å². The summed E-state index contributed by atoms with van der Waals surface area (Å²) in [6.45, 7) is 1.38. The molecule has 0 spiro atoms. The van der Waals surface area contributed by atoms with Crippen LogP contribution < -0.4 is 4.90 Å². The molecule has 24 heavy (non-hydrogen) atoms. The first-order valence-corrected chi connectivity index (χ1v) is 9.64. The molecule has 0 bridgehead atoms. The maximum absolute atomic E-state index is 12.8. The molecule has 7 heteroatoms. The van der Waals surface area contributed by atoms with Gasteiger partial charge in [0.15, 0.2) is 5.13 Å². The van der Waals surface area contributed by atoms with E-state index in [1.165, 1.54) is 11.3 Å².